The average molecular weight is 293 g/mol. The largest absolute Gasteiger partial charge is 0.385 e. The van der Waals surface area contributed by atoms with Crippen LogP contribution in [0.15, 0.2) is 18.5 Å². The highest BCUT2D eigenvalue weighted by Gasteiger charge is 2.15. The molecule has 116 valence electrons. The first-order valence-corrected chi connectivity index (χ1v) is 7.15. The van der Waals surface area contributed by atoms with E-state index in [1.807, 2.05) is 13.8 Å². The summed E-state index contributed by atoms with van der Waals surface area (Å²) in [4.78, 5) is 29.9. The number of hydrogen-bond acceptors (Lipinski definition) is 4. The van der Waals surface area contributed by atoms with E-state index in [1.165, 1.54) is 12.4 Å². The van der Waals surface area contributed by atoms with Gasteiger partial charge in [0.05, 0.1) is 11.1 Å². The second-order valence-electron chi connectivity index (χ2n) is 4.54. The van der Waals surface area contributed by atoms with Crippen molar-refractivity contribution in [2.45, 2.75) is 20.3 Å². The lowest BCUT2D eigenvalue weighted by Gasteiger charge is -2.18. The van der Waals surface area contributed by atoms with Crippen LogP contribution in [0.3, 0.4) is 0 Å². The molecule has 1 aromatic rings. The standard InChI is InChI=1S/C15H23N3O3/c1-4-18(5-2)15(20)13-9-12(10-16-11-13)14(19)17-7-6-8-21-3/h9-11H,4-8H2,1-3H3,(H,17,19). The predicted molar refractivity (Wildman–Crippen MR) is 80.3 cm³/mol. The lowest BCUT2D eigenvalue weighted by atomic mass is 10.1. The zero-order valence-electron chi connectivity index (χ0n) is 12.9. The highest BCUT2D eigenvalue weighted by molar-refractivity contribution is 5.99. The van der Waals surface area contributed by atoms with Gasteiger partial charge in [-0.1, -0.05) is 0 Å². The summed E-state index contributed by atoms with van der Waals surface area (Å²) in [5, 5.41) is 2.77. The number of carbonyl (C=O) groups excluding carboxylic acids is 2. The first-order chi connectivity index (χ1) is 10.1. The Morgan fingerprint density at radius 2 is 1.90 bits per heavy atom. The molecule has 0 aliphatic heterocycles. The van der Waals surface area contributed by atoms with Crippen molar-refractivity contribution in [3.05, 3.63) is 29.6 Å². The van der Waals surface area contributed by atoms with E-state index in [2.05, 4.69) is 10.3 Å². The van der Waals surface area contributed by atoms with E-state index < -0.39 is 0 Å². The van der Waals surface area contributed by atoms with Crippen LogP contribution < -0.4 is 5.32 Å². The molecule has 6 heteroatoms. The van der Waals surface area contributed by atoms with Gasteiger partial charge in [0.2, 0.25) is 0 Å². The third-order valence-electron chi connectivity index (χ3n) is 3.11. The Morgan fingerprint density at radius 1 is 1.24 bits per heavy atom. The molecule has 0 bridgehead atoms. The van der Waals surface area contributed by atoms with Gasteiger partial charge in [-0.2, -0.15) is 0 Å². The molecule has 0 aliphatic rings. The molecule has 0 saturated carbocycles. The summed E-state index contributed by atoms with van der Waals surface area (Å²) in [6.45, 7) is 6.22. The molecule has 0 aliphatic carbocycles. The summed E-state index contributed by atoms with van der Waals surface area (Å²) in [6, 6.07) is 1.58. The molecule has 0 radical (unpaired) electrons. The summed E-state index contributed by atoms with van der Waals surface area (Å²) in [6.07, 6.45) is 3.70. The van der Waals surface area contributed by atoms with Crippen LogP contribution in [0.2, 0.25) is 0 Å². The first-order valence-electron chi connectivity index (χ1n) is 7.15. The predicted octanol–water partition coefficient (Wildman–Crippen LogP) is 1.33. The SMILES string of the molecule is CCN(CC)C(=O)c1cncc(C(=O)NCCCOC)c1. The van der Waals surface area contributed by atoms with Gasteiger partial charge in [-0.05, 0) is 26.3 Å². The number of amides is 2. The molecule has 2 amide bonds. The number of ether oxygens (including phenoxy) is 1. The minimum atomic E-state index is -0.229. The third kappa shape index (κ3) is 5.15. The highest BCUT2D eigenvalue weighted by Crippen LogP contribution is 2.07. The number of carbonyl (C=O) groups is 2. The van der Waals surface area contributed by atoms with Crippen LogP contribution in [0.25, 0.3) is 0 Å². The maximum atomic E-state index is 12.2. The zero-order valence-corrected chi connectivity index (χ0v) is 12.9. The van der Waals surface area contributed by atoms with E-state index in [1.54, 1.807) is 18.1 Å². The lowest BCUT2D eigenvalue weighted by molar-refractivity contribution is 0.0772. The van der Waals surface area contributed by atoms with Crippen LogP contribution in [0.4, 0.5) is 0 Å². The van der Waals surface area contributed by atoms with Crippen molar-refractivity contribution in [1.29, 1.82) is 0 Å². The van der Waals surface area contributed by atoms with E-state index in [0.29, 0.717) is 37.4 Å². The van der Waals surface area contributed by atoms with E-state index in [0.717, 1.165) is 6.42 Å². The Bertz CT molecular complexity index is 473. The van der Waals surface area contributed by atoms with Gasteiger partial charge in [-0.15, -0.1) is 0 Å². The normalized spacial score (nSPS) is 10.2. The van der Waals surface area contributed by atoms with Gasteiger partial charge in [0, 0.05) is 45.7 Å². The minimum absolute atomic E-state index is 0.110. The molecule has 21 heavy (non-hydrogen) atoms. The molecular weight excluding hydrogens is 270 g/mol. The average Bonchev–Trinajstić information content (AvgIpc) is 2.52. The van der Waals surface area contributed by atoms with Gasteiger partial charge in [-0.3, -0.25) is 14.6 Å². The number of nitrogens with one attached hydrogen (secondary N) is 1. The summed E-state index contributed by atoms with van der Waals surface area (Å²) < 4.78 is 4.92. The minimum Gasteiger partial charge on any atom is -0.385 e. The van der Waals surface area contributed by atoms with Crippen molar-refractivity contribution in [3.63, 3.8) is 0 Å². The monoisotopic (exact) mass is 293 g/mol. The molecule has 1 rings (SSSR count). The van der Waals surface area contributed by atoms with Gasteiger partial charge in [0.25, 0.3) is 11.8 Å². The molecule has 0 spiro atoms. The number of rotatable bonds is 8. The van der Waals surface area contributed by atoms with Gasteiger partial charge in [0.1, 0.15) is 0 Å². The fourth-order valence-corrected chi connectivity index (χ4v) is 1.89. The maximum absolute atomic E-state index is 12.2. The van der Waals surface area contributed by atoms with Gasteiger partial charge in [0.15, 0.2) is 0 Å². The van der Waals surface area contributed by atoms with E-state index in [9.17, 15) is 9.59 Å². The van der Waals surface area contributed by atoms with Gasteiger partial charge >= 0.3 is 0 Å². The van der Waals surface area contributed by atoms with Crippen molar-refractivity contribution >= 4 is 11.8 Å². The molecule has 1 N–H and O–H groups in total. The van der Waals surface area contributed by atoms with Crippen LogP contribution in [-0.4, -0.2) is 55.0 Å². The van der Waals surface area contributed by atoms with Gasteiger partial charge < -0.3 is 15.0 Å². The molecule has 0 unspecified atom stereocenters. The second kappa shape index (κ2) is 9.07. The van der Waals surface area contributed by atoms with Crippen molar-refractivity contribution in [3.8, 4) is 0 Å². The van der Waals surface area contributed by atoms with Crippen LogP contribution in [0.5, 0.6) is 0 Å². The van der Waals surface area contributed by atoms with Crippen LogP contribution in [0.1, 0.15) is 41.0 Å². The fourth-order valence-electron chi connectivity index (χ4n) is 1.89. The summed E-state index contributed by atoms with van der Waals surface area (Å²) in [5.74, 6) is -0.339. The van der Waals surface area contributed by atoms with Crippen LogP contribution in [0, 0.1) is 0 Å². The molecule has 0 fully saturated rings. The Kier molecular flexibility index (Phi) is 7.39. The Balaban J connectivity index is 2.71. The molecule has 0 saturated heterocycles. The third-order valence-corrected chi connectivity index (χ3v) is 3.11. The van der Waals surface area contributed by atoms with Crippen molar-refractivity contribution in [1.82, 2.24) is 15.2 Å². The smallest absolute Gasteiger partial charge is 0.255 e. The second-order valence-corrected chi connectivity index (χ2v) is 4.54. The van der Waals surface area contributed by atoms with Gasteiger partial charge in [-0.25, -0.2) is 0 Å². The molecule has 1 heterocycles. The number of hydrogen-bond donors (Lipinski definition) is 1. The Morgan fingerprint density at radius 3 is 2.52 bits per heavy atom. The maximum Gasteiger partial charge on any atom is 0.255 e. The van der Waals surface area contributed by atoms with Crippen LogP contribution in [-0.2, 0) is 4.74 Å². The topological polar surface area (TPSA) is 71.5 Å². The van der Waals surface area contributed by atoms with Crippen molar-refractivity contribution in [2.75, 3.05) is 33.4 Å². The highest BCUT2D eigenvalue weighted by atomic mass is 16.5. The zero-order chi connectivity index (χ0) is 15.7. The lowest BCUT2D eigenvalue weighted by Crippen LogP contribution is -2.31. The van der Waals surface area contributed by atoms with Crippen LogP contribution >= 0.6 is 0 Å². The summed E-state index contributed by atoms with van der Waals surface area (Å²) >= 11 is 0. The molecule has 6 nitrogen and oxygen atoms in total. The Labute approximate surface area is 125 Å². The Hall–Kier alpha value is -1.95. The molecule has 1 aromatic heterocycles. The number of aromatic nitrogens is 1. The molecule has 0 aromatic carbocycles. The number of pyridine rings is 1. The summed E-state index contributed by atoms with van der Waals surface area (Å²) in [5.41, 5.74) is 0.827. The van der Waals surface area contributed by atoms with Crippen molar-refractivity contribution < 1.29 is 14.3 Å². The van der Waals surface area contributed by atoms with E-state index >= 15 is 0 Å². The summed E-state index contributed by atoms with van der Waals surface area (Å²) in [7, 11) is 1.62. The first kappa shape index (κ1) is 17.1. The molecular formula is C15H23N3O3. The number of methoxy groups -OCH3 is 1. The fraction of sp³-hybridized carbons (Fsp3) is 0.533. The quantitative estimate of drug-likeness (QED) is 0.734. The number of nitrogens with zero attached hydrogens (tertiary/aromatic N) is 2. The van der Waals surface area contributed by atoms with E-state index in [4.69, 9.17) is 4.74 Å². The molecule has 0 atom stereocenters. The van der Waals surface area contributed by atoms with E-state index in [-0.39, 0.29) is 11.8 Å². The van der Waals surface area contributed by atoms with Crippen molar-refractivity contribution in [2.24, 2.45) is 0 Å².